The van der Waals surface area contributed by atoms with Crippen LogP contribution in [0.5, 0.6) is 0 Å². The number of amides is 1. The lowest BCUT2D eigenvalue weighted by molar-refractivity contribution is 0.102. The normalized spacial score (nSPS) is 9.74. The summed E-state index contributed by atoms with van der Waals surface area (Å²) in [5.74, 6) is -0.404. The molecule has 1 amide bonds. The minimum atomic E-state index is -0.404. The first-order valence-electron chi connectivity index (χ1n) is 5.40. The molecule has 0 saturated heterocycles. The molecule has 0 unspecified atom stereocenters. The highest BCUT2D eigenvalue weighted by molar-refractivity contribution is 6.32. The van der Waals surface area contributed by atoms with Crippen LogP contribution in [-0.2, 0) is 0 Å². The Morgan fingerprint density at radius 3 is 2.79 bits per heavy atom. The lowest BCUT2D eigenvalue weighted by Crippen LogP contribution is -2.14. The van der Waals surface area contributed by atoms with Crippen LogP contribution in [0.2, 0.25) is 5.15 Å². The van der Waals surface area contributed by atoms with Crippen molar-refractivity contribution in [3.63, 3.8) is 0 Å². The number of hydrogen-bond donors (Lipinski definition) is 1. The van der Waals surface area contributed by atoms with E-state index in [1.54, 1.807) is 12.3 Å². The van der Waals surface area contributed by atoms with Crippen LogP contribution in [0.1, 0.15) is 21.6 Å². The van der Waals surface area contributed by atoms with E-state index in [0.717, 1.165) is 5.56 Å². The quantitative estimate of drug-likeness (QED) is 0.852. The Labute approximate surface area is 114 Å². The summed E-state index contributed by atoms with van der Waals surface area (Å²) in [5.41, 5.74) is 1.91. The summed E-state index contributed by atoms with van der Waals surface area (Å²) in [6.07, 6.45) is 2.95. The number of carbonyl (C=O) groups excluding carboxylic acids is 1. The van der Waals surface area contributed by atoms with Gasteiger partial charge in [0.05, 0.1) is 11.3 Å². The van der Waals surface area contributed by atoms with Gasteiger partial charge < -0.3 is 5.32 Å². The molecule has 2 aromatic heterocycles. The predicted octanol–water partition coefficient (Wildman–Crippen LogP) is 2.56. The van der Waals surface area contributed by atoms with Gasteiger partial charge in [-0.05, 0) is 30.7 Å². The maximum absolute atomic E-state index is 11.9. The van der Waals surface area contributed by atoms with E-state index in [1.807, 2.05) is 13.0 Å². The summed E-state index contributed by atoms with van der Waals surface area (Å²) in [4.78, 5) is 19.8. The molecule has 0 aromatic carbocycles. The van der Waals surface area contributed by atoms with Gasteiger partial charge in [0.15, 0.2) is 5.15 Å². The zero-order valence-electron chi connectivity index (χ0n) is 10.0. The Morgan fingerprint density at radius 1 is 1.37 bits per heavy atom. The number of carbonyl (C=O) groups is 1. The lowest BCUT2D eigenvalue weighted by Gasteiger charge is -2.06. The van der Waals surface area contributed by atoms with Crippen LogP contribution in [-0.4, -0.2) is 15.9 Å². The van der Waals surface area contributed by atoms with Gasteiger partial charge in [0, 0.05) is 12.4 Å². The second kappa shape index (κ2) is 5.46. The Hall–Kier alpha value is -2.45. The highest BCUT2D eigenvalue weighted by atomic mass is 35.5. The van der Waals surface area contributed by atoms with E-state index in [0.29, 0.717) is 11.3 Å². The smallest absolute Gasteiger partial charge is 0.274 e. The average molecular weight is 273 g/mol. The van der Waals surface area contributed by atoms with Crippen LogP contribution < -0.4 is 5.32 Å². The minimum absolute atomic E-state index is 0.205. The second-order valence-corrected chi connectivity index (χ2v) is 4.21. The van der Waals surface area contributed by atoms with Crippen molar-refractivity contribution in [2.45, 2.75) is 6.92 Å². The molecule has 6 heteroatoms. The van der Waals surface area contributed by atoms with Gasteiger partial charge in [0.1, 0.15) is 11.8 Å². The van der Waals surface area contributed by atoms with Crippen LogP contribution in [0, 0.1) is 18.3 Å². The molecule has 1 N–H and O–H groups in total. The van der Waals surface area contributed by atoms with Gasteiger partial charge in [-0.2, -0.15) is 5.26 Å². The van der Waals surface area contributed by atoms with E-state index in [1.165, 1.54) is 18.3 Å². The van der Waals surface area contributed by atoms with Crippen LogP contribution in [0.15, 0.2) is 30.6 Å². The standard InChI is InChI=1S/C13H9ClN4O/c1-8-4-11(12(14)17-6-8)18-13(19)10-3-2-9(5-15)7-16-10/h2-4,6-7H,1H3,(H,18,19). The summed E-state index contributed by atoms with van der Waals surface area (Å²) in [6, 6.07) is 6.66. The molecule has 2 aromatic rings. The summed E-state index contributed by atoms with van der Waals surface area (Å²) in [6.45, 7) is 1.85. The van der Waals surface area contributed by atoms with Crippen LogP contribution in [0.25, 0.3) is 0 Å². The van der Waals surface area contributed by atoms with Crippen LogP contribution >= 0.6 is 11.6 Å². The Kier molecular flexibility index (Phi) is 3.74. The van der Waals surface area contributed by atoms with Crippen molar-refractivity contribution in [1.29, 1.82) is 5.26 Å². The van der Waals surface area contributed by atoms with Crippen molar-refractivity contribution in [1.82, 2.24) is 9.97 Å². The molecule has 2 rings (SSSR count). The van der Waals surface area contributed by atoms with Gasteiger partial charge in [0.25, 0.3) is 5.91 Å². The van der Waals surface area contributed by atoms with Crippen molar-refractivity contribution in [2.75, 3.05) is 5.32 Å². The highest BCUT2D eigenvalue weighted by Crippen LogP contribution is 2.20. The van der Waals surface area contributed by atoms with E-state index in [4.69, 9.17) is 16.9 Å². The third-order valence-electron chi connectivity index (χ3n) is 2.35. The SMILES string of the molecule is Cc1cnc(Cl)c(NC(=O)c2ccc(C#N)cn2)c1. The predicted molar refractivity (Wildman–Crippen MR) is 70.9 cm³/mol. The lowest BCUT2D eigenvalue weighted by atomic mass is 10.2. The molecule has 0 fully saturated rings. The molecule has 0 aliphatic heterocycles. The maximum atomic E-state index is 11.9. The number of nitrogens with zero attached hydrogens (tertiary/aromatic N) is 3. The number of halogens is 1. The van der Waals surface area contributed by atoms with Gasteiger partial charge in [-0.1, -0.05) is 11.6 Å². The van der Waals surface area contributed by atoms with Crippen molar-refractivity contribution < 1.29 is 4.79 Å². The minimum Gasteiger partial charge on any atom is -0.318 e. The summed E-state index contributed by atoms with van der Waals surface area (Å²) < 4.78 is 0. The molecular weight excluding hydrogens is 264 g/mol. The zero-order chi connectivity index (χ0) is 13.8. The number of nitrogens with one attached hydrogen (secondary N) is 1. The van der Waals surface area contributed by atoms with Gasteiger partial charge in [0.2, 0.25) is 0 Å². The van der Waals surface area contributed by atoms with Gasteiger partial charge in [-0.3, -0.25) is 4.79 Å². The number of nitriles is 1. The number of hydrogen-bond acceptors (Lipinski definition) is 4. The molecule has 0 aliphatic carbocycles. The Morgan fingerprint density at radius 2 is 2.16 bits per heavy atom. The van der Waals surface area contributed by atoms with Crippen molar-refractivity contribution in [3.8, 4) is 6.07 Å². The summed E-state index contributed by atoms with van der Waals surface area (Å²) in [7, 11) is 0. The molecule has 5 nitrogen and oxygen atoms in total. The van der Waals surface area contributed by atoms with Gasteiger partial charge in [-0.25, -0.2) is 9.97 Å². The zero-order valence-corrected chi connectivity index (χ0v) is 10.8. The number of aryl methyl sites for hydroxylation is 1. The average Bonchev–Trinajstić information content (AvgIpc) is 2.43. The van der Waals surface area contributed by atoms with E-state index >= 15 is 0 Å². The second-order valence-electron chi connectivity index (χ2n) is 3.85. The third kappa shape index (κ3) is 3.06. The van der Waals surface area contributed by atoms with Gasteiger partial charge >= 0.3 is 0 Å². The molecule has 0 bridgehead atoms. The molecule has 19 heavy (non-hydrogen) atoms. The van der Waals surface area contributed by atoms with Crippen molar-refractivity contribution in [3.05, 3.63) is 52.6 Å². The third-order valence-corrected chi connectivity index (χ3v) is 2.65. The largest absolute Gasteiger partial charge is 0.318 e. The topological polar surface area (TPSA) is 78.7 Å². The summed E-state index contributed by atoms with van der Waals surface area (Å²) >= 11 is 5.89. The fourth-order valence-corrected chi connectivity index (χ4v) is 1.57. The van der Waals surface area contributed by atoms with E-state index in [-0.39, 0.29) is 10.8 Å². The first-order chi connectivity index (χ1) is 9.10. The Bertz CT molecular complexity index is 661. The number of pyridine rings is 2. The number of aromatic nitrogens is 2. The molecule has 0 spiro atoms. The summed E-state index contributed by atoms with van der Waals surface area (Å²) in [5, 5.41) is 11.5. The molecular formula is C13H9ClN4O. The first-order valence-corrected chi connectivity index (χ1v) is 5.77. The fraction of sp³-hybridized carbons (Fsp3) is 0.0769. The van der Waals surface area contributed by atoms with Crippen molar-refractivity contribution in [2.24, 2.45) is 0 Å². The molecule has 0 saturated carbocycles. The van der Waals surface area contributed by atoms with E-state index in [2.05, 4.69) is 15.3 Å². The Balaban J connectivity index is 2.21. The molecule has 0 atom stereocenters. The molecule has 0 radical (unpaired) electrons. The van der Waals surface area contributed by atoms with E-state index in [9.17, 15) is 4.79 Å². The van der Waals surface area contributed by atoms with Gasteiger partial charge in [-0.15, -0.1) is 0 Å². The molecule has 0 aliphatic rings. The fourth-order valence-electron chi connectivity index (χ4n) is 1.42. The van der Waals surface area contributed by atoms with Crippen molar-refractivity contribution >= 4 is 23.2 Å². The van der Waals surface area contributed by atoms with Crippen LogP contribution in [0.4, 0.5) is 5.69 Å². The monoisotopic (exact) mass is 272 g/mol. The van der Waals surface area contributed by atoms with E-state index < -0.39 is 5.91 Å². The number of rotatable bonds is 2. The number of anilines is 1. The first kappa shape index (κ1) is 13.0. The molecule has 2 heterocycles. The van der Waals surface area contributed by atoms with Crippen LogP contribution in [0.3, 0.4) is 0 Å². The highest BCUT2D eigenvalue weighted by Gasteiger charge is 2.10. The molecule has 94 valence electrons. The maximum Gasteiger partial charge on any atom is 0.274 e.